The molecule has 8 nitrogen and oxygen atoms in total. The van der Waals surface area contributed by atoms with Crippen LogP contribution in [0.5, 0.6) is 5.75 Å². The van der Waals surface area contributed by atoms with Gasteiger partial charge in [-0.3, -0.25) is 19.7 Å². The quantitative estimate of drug-likeness (QED) is 0.455. The maximum Gasteiger partial charge on any atom is 0.273 e. The molecule has 3 rings (SSSR count). The van der Waals surface area contributed by atoms with Crippen molar-refractivity contribution in [2.75, 3.05) is 23.4 Å². The van der Waals surface area contributed by atoms with Crippen LogP contribution < -0.4 is 15.0 Å². The highest BCUT2D eigenvalue weighted by Gasteiger charge is 2.37. The van der Waals surface area contributed by atoms with E-state index in [2.05, 4.69) is 11.9 Å². The molecular weight excluding hydrogens is 386 g/mol. The van der Waals surface area contributed by atoms with E-state index in [4.69, 9.17) is 4.74 Å². The van der Waals surface area contributed by atoms with Gasteiger partial charge >= 0.3 is 0 Å². The van der Waals surface area contributed by atoms with Crippen molar-refractivity contribution in [1.82, 2.24) is 0 Å². The molecule has 2 aromatic carbocycles. The summed E-state index contributed by atoms with van der Waals surface area (Å²) < 4.78 is 5.88. The molecule has 0 saturated heterocycles. The van der Waals surface area contributed by atoms with Crippen LogP contribution in [0.4, 0.5) is 17.1 Å². The minimum atomic E-state index is -0.717. The summed E-state index contributed by atoms with van der Waals surface area (Å²) in [4.78, 5) is 37.8. The van der Waals surface area contributed by atoms with Crippen LogP contribution in [0.25, 0.3) is 0 Å². The van der Waals surface area contributed by atoms with Crippen molar-refractivity contribution in [2.45, 2.75) is 20.8 Å². The molecule has 0 radical (unpaired) electrons. The lowest BCUT2D eigenvalue weighted by atomic mass is 9.93. The Morgan fingerprint density at radius 2 is 2.10 bits per heavy atom. The van der Waals surface area contributed by atoms with Crippen molar-refractivity contribution in [1.29, 1.82) is 0 Å². The van der Waals surface area contributed by atoms with Gasteiger partial charge in [-0.05, 0) is 39.0 Å². The van der Waals surface area contributed by atoms with Gasteiger partial charge in [0.2, 0.25) is 5.91 Å². The van der Waals surface area contributed by atoms with E-state index in [1.165, 1.54) is 25.1 Å². The van der Waals surface area contributed by atoms with E-state index < -0.39 is 16.2 Å². The molecule has 0 aromatic heterocycles. The zero-order chi connectivity index (χ0) is 22.1. The molecule has 30 heavy (non-hydrogen) atoms. The molecule has 0 saturated carbocycles. The Hall–Kier alpha value is -3.68. The fraction of sp³-hybridized carbons (Fsp3) is 0.273. The van der Waals surface area contributed by atoms with Gasteiger partial charge in [-0.15, -0.1) is 6.58 Å². The number of hydrogen-bond donors (Lipinski definition) is 1. The van der Waals surface area contributed by atoms with Crippen molar-refractivity contribution in [3.8, 4) is 5.75 Å². The Morgan fingerprint density at radius 3 is 2.77 bits per heavy atom. The van der Waals surface area contributed by atoms with Gasteiger partial charge in [0.15, 0.2) is 0 Å². The second-order valence-electron chi connectivity index (χ2n) is 7.72. The molecule has 2 aromatic rings. The van der Waals surface area contributed by atoms with Crippen molar-refractivity contribution in [3.05, 3.63) is 70.3 Å². The number of nitro groups is 1. The van der Waals surface area contributed by atoms with E-state index in [9.17, 15) is 19.7 Å². The number of nitrogens with one attached hydrogen (secondary N) is 1. The number of carbonyl (C=O) groups is 2. The third-order valence-electron chi connectivity index (χ3n) is 4.98. The number of amides is 2. The minimum absolute atomic E-state index is 0.0786. The number of nitro benzene ring substituents is 1. The van der Waals surface area contributed by atoms with Crippen LogP contribution in [0.3, 0.4) is 0 Å². The molecule has 1 N–H and O–H groups in total. The summed E-state index contributed by atoms with van der Waals surface area (Å²) in [6.07, 6.45) is 1.64. The summed E-state index contributed by atoms with van der Waals surface area (Å²) in [6, 6.07) is 9.37. The van der Waals surface area contributed by atoms with Gasteiger partial charge in [-0.1, -0.05) is 12.1 Å². The number of rotatable bonds is 5. The highest BCUT2D eigenvalue weighted by Crippen LogP contribution is 2.38. The monoisotopic (exact) mass is 409 g/mol. The Bertz CT molecular complexity index is 1050. The SMILES string of the molecule is C=CCN1C(=O)C(C)(C)COc2cc(NC(=O)c3cccc([N+](=O)[O-])c3C)ccc21. The van der Waals surface area contributed by atoms with Gasteiger partial charge in [0.25, 0.3) is 11.6 Å². The molecule has 2 amide bonds. The van der Waals surface area contributed by atoms with Gasteiger partial charge in [-0.2, -0.15) is 0 Å². The van der Waals surface area contributed by atoms with E-state index in [1.807, 2.05) is 13.8 Å². The number of anilines is 2. The summed E-state index contributed by atoms with van der Waals surface area (Å²) in [5.41, 5.74) is 0.713. The van der Waals surface area contributed by atoms with E-state index in [0.717, 1.165) is 0 Å². The maximum absolute atomic E-state index is 12.9. The molecule has 0 unspecified atom stereocenters. The summed E-state index contributed by atoms with van der Waals surface area (Å²) in [7, 11) is 0. The second-order valence-corrected chi connectivity index (χ2v) is 7.72. The van der Waals surface area contributed by atoms with E-state index >= 15 is 0 Å². The molecule has 8 heteroatoms. The number of hydrogen-bond acceptors (Lipinski definition) is 5. The van der Waals surface area contributed by atoms with E-state index in [0.29, 0.717) is 23.7 Å². The van der Waals surface area contributed by atoms with E-state index in [1.54, 1.807) is 29.2 Å². The molecule has 0 aliphatic carbocycles. The maximum atomic E-state index is 12.9. The average Bonchev–Trinajstić information content (AvgIpc) is 2.78. The van der Waals surface area contributed by atoms with Gasteiger partial charge < -0.3 is 15.0 Å². The normalized spacial score (nSPS) is 14.9. The Morgan fingerprint density at radius 1 is 1.37 bits per heavy atom. The number of nitrogens with zero attached hydrogens (tertiary/aromatic N) is 2. The summed E-state index contributed by atoms with van der Waals surface area (Å²) in [5.74, 6) is -0.0846. The predicted octanol–water partition coefficient (Wildman–Crippen LogP) is 4.09. The third-order valence-corrected chi connectivity index (χ3v) is 4.98. The number of ether oxygens (including phenoxy) is 1. The van der Waals surface area contributed by atoms with Crippen LogP contribution in [0, 0.1) is 22.5 Å². The van der Waals surface area contributed by atoms with E-state index in [-0.39, 0.29) is 29.3 Å². The highest BCUT2D eigenvalue weighted by atomic mass is 16.6. The molecule has 1 aliphatic rings. The number of fused-ring (bicyclic) bond motifs is 1. The standard InChI is InChI=1S/C22H23N3O5/c1-5-11-24-18-10-9-15(12-19(18)30-13-22(3,4)21(24)27)23-20(26)16-7-6-8-17(14(16)2)25(28)29/h5-10,12H,1,11,13H2,2-4H3,(H,23,26). The minimum Gasteiger partial charge on any atom is -0.490 e. The van der Waals surface area contributed by atoms with Crippen molar-refractivity contribution in [3.63, 3.8) is 0 Å². The lowest BCUT2D eigenvalue weighted by molar-refractivity contribution is -0.385. The first-order chi connectivity index (χ1) is 14.2. The number of benzene rings is 2. The van der Waals surface area contributed by atoms with Crippen LogP contribution in [0.15, 0.2) is 49.1 Å². The summed E-state index contributed by atoms with van der Waals surface area (Å²) in [6.45, 7) is 9.39. The van der Waals surface area contributed by atoms with Gasteiger partial charge in [-0.25, -0.2) is 0 Å². The molecule has 156 valence electrons. The third kappa shape index (κ3) is 3.89. The molecule has 0 atom stereocenters. The molecule has 0 bridgehead atoms. The lowest BCUT2D eigenvalue weighted by Gasteiger charge is -2.27. The Kier molecular flexibility index (Phi) is 5.60. The molecule has 0 fully saturated rings. The first-order valence-electron chi connectivity index (χ1n) is 9.41. The molecule has 1 aliphatic heterocycles. The van der Waals surface area contributed by atoms with Gasteiger partial charge in [0.1, 0.15) is 12.4 Å². The zero-order valence-corrected chi connectivity index (χ0v) is 17.1. The smallest absolute Gasteiger partial charge is 0.273 e. The Balaban J connectivity index is 1.92. The van der Waals surface area contributed by atoms with Crippen molar-refractivity contribution >= 4 is 28.9 Å². The second kappa shape index (κ2) is 7.98. The van der Waals surface area contributed by atoms with Crippen molar-refractivity contribution < 1.29 is 19.2 Å². The predicted molar refractivity (Wildman–Crippen MR) is 114 cm³/mol. The van der Waals surface area contributed by atoms with Crippen LogP contribution in [0.2, 0.25) is 0 Å². The topological polar surface area (TPSA) is 102 Å². The van der Waals surface area contributed by atoms with Crippen LogP contribution in [0.1, 0.15) is 29.8 Å². The van der Waals surface area contributed by atoms with Crippen LogP contribution in [-0.2, 0) is 4.79 Å². The van der Waals surface area contributed by atoms with Crippen LogP contribution in [-0.4, -0.2) is 29.9 Å². The Labute approximate surface area is 174 Å². The summed E-state index contributed by atoms with van der Waals surface area (Å²) >= 11 is 0. The van der Waals surface area contributed by atoms with Gasteiger partial charge in [0.05, 0.1) is 16.0 Å². The first kappa shape index (κ1) is 21.0. The summed E-state index contributed by atoms with van der Waals surface area (Å²) in [5, 5.41) is 13.9. The van der Waals surface area contributed by atoms with Crippen molar-refractivity contribution in [2.24, 2.45) is 5.41 Å². The fourth-order valence-electron chi connectivity index (χ4n) is 3.30. The zero-order valence-electron chi connectivity index (χ0n) is 17.1. The largest absolute Gasteiger partial charge is 0.490 e. The molecule has 0 spiro atoms. The van der Waals surface area contributed by atoms with Gasteiger partial charge in [0, 0.05) is 35.5 Å². The number of carbonyl (C=O) groups excluding carboxylic acids is 2. The highest BCUT2D eigenvalue weighted by molar-refractivity contribution is 6.06. The fourth-order valence-corrected chi connectivity index (χ4v) is 3.30. The molecular formula is C22H23N3O5. The lowest BCUT2D eigenvalue weighted by Crippen LogP contribution is -2.42. The molecule has 1 heterocycles. The van der Waals surface area contributed by atoms with Crippen LogP contribution >= 0.6 is 0 Å². The first-order valence-corrected chi connectivity index (χ1v) is 9.41. The average molecular weight is 409 g/mol.